The van der Waals surface area contributed by atoms with Gasteiger partial charge in [-0.2, -0.15) is 0 Å². The molecule has 8 heteroatoms. The number of amides is 1. The minimum atomic E-state index is -0.470. The molecular formula is C12H12N4O3S. The number of nitro groups is 1. The fraction of sp³-hybridized carbons (Fsp3) is 0.167. The normalized spacial score (nSPS) is 10.2. The Balaban J connectivity index is 1.95. The van der Waals surface area contributed by atoms with Gasteiger partial charge in [0, 0.05) is 23.6 Å². The predicted molar refractivity (Wildman–Crippen MR) is 75.2 cm³/mol. The van der Waals surface area contributed by atoms with Crippen LogP contribution in [0.3, 0.4) is 0 Å². The molecule has 0 aliphatic heterocycles. The average Bonchev–Trinajstić information content (AvgIpc) is 2.82. The number of nitrogens with one attached hydrogen (secondary N) is 1. The highest BCUT2D eigenvalue weighted by Gasteiger charge is 2.13. The number of carbonyl (C=O) groups excluding carboxylic acids is 1. The highest BCUT2D eigenvalue weighted by Crippen LogP contribution is 2.17. The van der Waals surface area contributed by atoms with E-state index in [1.165, 1.54) is 17.4 Å². The van der Waals surface area contributed by atoms with Crippen LogP contribution in [0.2, 0.25) is 0 Å². The van der Waals surface area contributed by atoms with Crippen LogP contribution in [0, 0.1) is 10.1 Å². The number of anilines is 1. The number of carbonyl (C=O) groups is 1. The zero-order valence-corrected chi connectivity index (χ0v) is 11.2. The minimum Gasteiger partial charge on any atom is -0.375 e. The molecule has 2 aromatic rings. The van der Waals surface area contributed by atoms with Crippen molar-refractivity contribution in [2.75, 3.05) is 5.73 Å². The number of thiazole rings is 1. The summed E-state index contributed by atoms with van der Waals surface area (Å²) in [5, 5.41) is 15.6. The molecule has 0 aliphatic rings. The Morgan fingerprint density at radius 3 is 2.85 bits per heavy atom. The molecule has 1 heterocycles. The number of nitrogen functional groups attached to an aromatic ring is 1. The lowest BCUT2D eigenvalue weighted by molar-refractivity contribution is -0.385. The molecule has 0 radical (unpaired) electrons. The number of hydrogen-bond donors (Lipinski definition) is 2. The Kier molecular flexibility index (Phi) is 4.26. The second kappa shape index (κ2) is 6.11. The molecule has 0 saturated heterocycles. The average molecular weight is 292 g/mol. The van der Waals surface area contributed by atoms with Gasteiger partial charge in [-0.05, 0) is 0 Å². The summed E-state index contributed by atoms with van der Waals surface area (Å²) in [6.45, 7) is 0.107. The monoisotopic (exact) mass is 292 g/mol. The smallest absolute Gasteiger partial charge is 0.274 e. The van der Waals surface area contributed by atoms with E-state index in [9.17, 15) is 14.9 Å². The van der Waals surface area contributed by atoms with E-state index in [0.717, 1.165) is 0 Å². The van der Waals surface area contributed by atoms with E-state index in [1.807, 2.05) is 0 Å². The lowest BCUT2D eigenvalue weighted by atomic mass is 10.2. The second-order valence-corrected chi connectivity index (χ2v) is 4.91. The Labute approximate surface area is 118 Å². The second-order valence-electron chi connectivity index (χ2n) is 4.02. The fourth-order valence-corrected chi connectivity index (χ4v) is 2.23. The molecule has 2 rings (SSSR count). The lowest BCUT2D eigenvalue weighted by Crippen LogP contribution is -2.25. The van der Waals surface area contributed by atoms with Crippen LogP contribution in [0.5, 0.6) is 0 Å². The maximum Gasteiger partial charge on any atom is 0.274 e. The lowest BCUT2D eigenvalue weighted by Gasteiger charge is -2.05. The van der Waals surface area contributed by atoms with Gasteiger partial charge < -0.3 is 11.1 Å². The Morgan fingerprint density at radius 1 is 1.45 bits per heavy atom. The number of rotatable bonds is 5. The topological polar surface area (TPSA) is 111 Å². The van der Waals surface area contributed by atoms with Crippen molar-refractivity contribution in [3.05, 3.63) is 51.0 Å². The van der Waals surface area contributed by atoms with Crippen molar-refractivity contribution in [3.8, 4) is 0 Å². The van der Waals surface area contributed by atoms with E-state index in [4.69, 9.17) is 5.73 Å². The van der Waals surface area contributed by atoms with Crippen molar-refractivity contribution in [2.24, 2.45) is 0 Å². The fourth-order valence-electron chi connectivity index (χ4n) is 1.66. The molecule has 0 atom stereocenters. The first kappa shape index (κ1) is 13.9. The largest absolute Gasteiger partial charge is 0.375 e. The molecule has 0 spiro atoms. The number of aromatic nitrogens is 1. The highest BCUT2D eigenvalue weighted by molar-refractivity contribution is 7.13. The van der Waals surface area contributed by atoms with E-state index in [0.29, 0.717) is 16.4 Å². The molecule has 0 bridgehead atoms. The summed E-state index contributed by atoms with van der Waals surface area (Å²) >= 11 is 1.26. The van der Waals surface area contributed by atoms with E-state index in [2.05, 4.69) is 10.3 Å². The van der Waals surface area contributed by atoms with Crippen molar-refractivity contribution in [3.63, 3.8) is 0 Å². The molecule has 1 aromatic carbocycles. The van der Waals surface area contributed by atoms with Gasteiger partial charge in [0.1, 0.15) is 0 Å². The SMILES string of the molecule is Nc1nc(CC(=O)NCc2ccccc2[N+](=O)[O-])cs1. The molecule has 0 unspecified atom stereocenters. The van der Waals surface area contributed by atoms with E-state index < -0.39 is 4.92 Å². The van der Waals surface area contributed by atoms with Crippen LogP contribution in [0.1, 0.15) is 11.3 Å². The molecular weight excluding hydrogens is 280 g/mol. The van der Waals surface area contributed by atoms with E-state index in [1.54, 1.807) is 23.6 Å². The molecule has 1 amide bonds. The van der Waals surface area contributed by atoms with Gasteiger partial charge in [0.25, 0.3) is 5.69 Å². The molecule has 0 saturated carbocycles. The van der Waals surface area contributed by atoms with Crippen molar-refractivity contribution >= 4 is 28.1 Å². The quantitative estimate of drug-likeness (QED) is 0.640. The molecule has 1 aromatic heterocycles. The van der Waals surface area contributed by atoms with E-state index >= 15 is 0 Å². The maximum absolute atomic E-state index is 11.7. The van der Waals surface area contributed by atoms with Crippen LogP contribution >= 0.6 is 11.3 Å². The molecule has 0 aliphatic carbocycles. The van der Waals surface area contributed by atoms with Gasteiger partial charge in [0.15, 0.2) is 5.13 Å². The van der Waals surface area contributed by atoms with Crippen LogP contribution in [0.15, 0.2) is 29.6 Å². The first-order valence-corrected chi connectivity index (χ1v) is 6.63. The van der Waals surface area contributed by atoms with Crippen LogP contribution in [0.4, 0.5) is 10.8 Å². The molecule has 20 heavy (non-hydrogen) atoms. The summed E-state index contributed by atoms with van der Waals surface area (Å²) < 4.78 is 0. The first-order valence-electron chi connectivity index (χ1n) is 5.75. The van der Waals surface area contributed by atoms with Gasteiger partial charge in [-0.3, -0.25) is 14.9 Å². The number of benzene rings is 1. The third-order valence-electron chi connectivity index (χ3n) is 2.58. The summed E-state index contributed by atoms with van der Waals surface area (Å²) in [5.74, 6) is -0.256. The van der Waals surface area contributed by atoms with Gasteiger partial charge in [0.2, 0.25) is 5.91 Å². The summed E-state index contributed by atoms with van der Waals surface area (Å²) in [6, 6.07) is 6.29. The Bertz CT molecular complexity index is 641. The van der Waals surface area contributed by atoms with Crippen molar-refractivity contribution in [1.82, 2.24) is 10.3 Å². The summed E-state index contributed by atoms with van der Waals surface area (Å²) in [5.41, 5.74) is 6.52. The maximum atomic E-state index is 11.7. The van der Waals surface area contributed by atoms with Crippen LogP contribution in [0.25, 0.3) is 0 Å². The Hall–Kier alpha value is -2.48. The molecule has 0 fully saturated rings. The number of nitro benzene ring substituents is 1. The third kappa shape index (κ3) is 3.51. The summed E-state index contributed by atoms with van der Waals surface area (Å²) in [7, 11) is 0. The van der Waals surface area contributed by atoms with Crippen molar-refractivity contribution < 1.29 is 9.72 Å². The minimum absolute atomic E-state index is 0.00861. The standard InChI is InChI=1S/C12H12N4O3S/c13-12-15-9(7-20-12)5-11(17)14-6-8-3-1-2-4-10(8)16(18)19/h1-4,7H,5-6H2,(H2,13,15)(H,14,17). The number of nitrogens with two attached hydrogens (primary N) is 1. The molecule has 3 N–H and O–H groups in total. The van der Waals surface area contributed by atoms with Gasteiger partial charge in [-0.1, -0.05) is 18.2 Å². The summed E-state index contributed by atoms with van der Waals surface area (Å²) in [6.07, 6.45) is 0.105. The van der Waals surface area contributed by atoms with Gasteiger partial charge in [0.05, 0.1) is 17.0 Å². The van der Waals surface area contributed by atoms with Crippen LogP contribution in [-0.4, -0.2) is 15.8 Å². The van der Waals surface area contributed by atoms with Gasteiger partial charge in [-0.15, -0.1) is 11.3 Å². The molecule has 104 valence electrons. The summed E-state index contributed by atoms with van der Waals surface area (Å²) in [4.78, 5) is 26.1. The third-order valence-corrected chi connectivity index (χ3v) is 3.30. The number of hydrogen-bond acceptors (Lipinski definition) is 6. The molecule has 7 nitrogen and oxygen atoms in total. The van der Waals surface area contributed by atoms with Crippen molar-refractivity contribution in [1.29, 1.82) is 0 Å². The van der Waals surface area contributed by atoms with Gasteiger partial charge >= 0.3 is 0 Å². The van der Waals surface area contributed by atoms with Crippen LogP contribution < -0.4 is 11.1 Å². The van der Waals surface area contributed by atoms with E-state index in [-0.39, 0.29) is 24.6 Å². The number of nitrogens with zero attached hydrogens (tertiary/aromatic N) is 2. The Morgan fingerprint density at radius 2 is 2.20 bits per heavy atom. The zero-order chi connectivity index (χ0) is 14.5. The first-order chi connectivity index (χ1) is 9.56. The predicted octanol–water partition coefficient (Wildman–Crippen LogP) is 1.49. The number of para-hydroxylation sites is 1. The van der Waals surface area contributed by atoms with Crippen molar-refractivity contribution in [2.45, 2.75) is 13.0 Å². The zero-order valence-electron chi connectivity index (χ0n) is 10.4. The highest BCUT2D eigenvalue weighted by atomic mass is 32.1. The van der Waals surface area contributed by atoms with Gasteiger partial charge in [-0.25, -0.2) is 4.98 Å². The van der Waals surface area contributed by atoms with Crippen LogP contribution in [-0.2, 0) is 17.8 Å².